The van der Waals surface area contributed by atoms with Crippen LogP contribution in [0.15, 0.2) is 41.8 Å². The minimum Gasteiger partial charge on any atom is -0.300 e. The Balaban J connectivity index is 1.38. The number of hydrogen-bond donors (Lipinski definition) is 1. The van der Waals surface area contributed by atoms with Crippen molar-refractivity contribution < 1.29 is 4.79 Å². The zero-order valence-electron chi connectivity index (χ0n) is 15.0. The lowest BCUT2D eigenvalue weighted by Crippen LogP contribution is -2.14. The molecule has 1 N–H and O–H groups in total. The van der Waals surface area contributed by atoms with Crippen LogP contribution >= 0.6 is 22.7 Å². The van der Waals surface area contributed by atoms with Gasteiger partial charge in [-0.3, -0.25) is 4.79 Å². The lowest BCUT2D eigenvalue weighted by molar-refractivity contribution is -0.117. The Hall–Kier alpha value is -2.05. The number of aromatic nitrogens is 2. The quantitative estimate of drug-likeness (QED) is 0.664. The van der Waals surface area contributed by atoms with Crippen molar-refractivity contribution in [3.63, 3.8) is 0 Å². The molecule has 0 radical (unpaired) electrons. The minimum atomic E-state index is 0.0320. The predicted molar refractivity (Wildman–Crippen MR) is 108 cm³/mol. The molecular weight excluding hydrogens is 362 g/mol. The standard InChI is InChI=1S/C20H21N3OS2/c1-20(2,3)13-8-6-12(7-9-13)14-11-15(14)17(24)21-19-23-22-18(26-19)16-5-4-10-25-16/h4-10,14-15H,11H2,1-3H3,(H,21,23,24)/t14-,15+/m1/s1. The molecule has 2 heterocycles. The van der Waals surface area contributed by atoms with E-state index in [2.05, 4.69) is 60.6 Å². The van der Waals surface area contributed by atoms with Crippen molar-refractivity contribution in [3.8, 4) is 9.88 Å². The summed E-state index contributed by atoms with van der Waals surface area (Å²) in [4.78, 5) is 13.6. The van der Waals surface area contributed by atoms with E-state index in [9.17, 15) is 4.79 Å². The third kappa shape index (κ3) is 3.57. The molecule has 2 aromatic heterocycles. The summed E-state index contributed by atoms with van der Waals surface area (Å²) in [6.45, 7) is 6.63. The highest BCUT2D eigenvalue weighted by Gasteiger charge is 2.44. The first-order valence-electron chi connectivity index (χ1n) is 8.70. The van der Waals surface area contributed by atoms with E-state index in [-0.39, 0.29) is 17.2 Å². The summed E-state index contributed by atoms with van der Waals surface area (Å²) in [5.74, 6) is 0.391. The van der Waals surface area contributed by atoms with Gasteiger partial charge in [-0.05, 0) is 40.3 Å². The van der Waals surface area contributed by atoms with E-state index in [0.717, 1.165) is 16.3 Å². The maximum Gasteiger partial charge on any atom is 0.229 e. The minimum absolute atomic E-state index is 0.0320. The van der Waals surface area contributed by atoms with Gasteiger partial charge in [0.15, 0.2) is 5.01 Å². The number of thiophene rings is 1. The summed E-state index contributed by atoms with van der Waals surface area (Å²) < 4.78 is 0. The van der Waals surface area contributed by atoms with Gasteiger partial charge < -0.3 is 5.32 Å². The molecule has 1 aromatic carbocycles. The highest BCUT2D eigenvalue weighted by molar-refractivity contribution is 7.23. The first-order chi connectivity index (χ1) is 12.4. The summed E-state index contributed by atoms with van der Waals surface area (Å²) >= 11 is 3.04. The van der Waals surface area contributed by atoms with E-state index in [0.29, 0.717) is 11.0 Å². The molecule has 26 heavy (non-hydrogen) atoms. The number of carbonyl (C=O) groups excluding carboxylic acids is 1. The van der Waals surface area contributed by atoms with Crippen molar-refractivity contribution in [1.82, 2.24) is 10.2 Å². The molecule has 4 nitrogen and oxygen atoms in total. The molecule has 4 rings (SSSR count). The molecule has 1 amide bonds. The topological polar surface area (TPSA) is 54.9 Å². The van der Waals surface area contributed by atoms with Gasteiger partial charge >= 0.3 is 0 Å². The van der Waals surface area contributed by atoms with Crippen molar-refractivity contribution >= 4 is 33.7 Å². The molecule has 0 bridgehead atoms. The lowest BCUT2D eigenvalue weighted by Gasteiger charge is -2.19. The first kappa shape index (κ1) is 17.4. The van der Waals surface area contributed by atoms with E-state index in [4.69, 9.17) is 0 Å². The van der Waals surface area contributed by atoms with Gasteiger partial charge in [-0.25, -0.2) is 0 Å². The molecule has 1 saturated carbocycles. The summed E-state index contributed by atoms with van der Waals surface area (Å²) in [6, 6.07) is 12.7. The lowest BCUT2D eigenvalue weighted by atomic mass is 9.86. The molecule has 0 aliphatic heterocycles. The van der Waals surface area contributed by atoms with Crippen LogP contribution in [0.4, 0.5) is 5.13 Å². The van der Waals surface area contributed by atoms with E-state index in [1.165, 1.54) is 22.5 Å². The third-order valence-electron chi connectivity index (χ3n) is 4.72. The number of nitrogens with zero attached hydrogens (tertiary/aromatic N) is 2. The summed E-state index contributed by atoms with van der Waals surface area (Å²) in [7, 11) is 0. The fourth-order valence-corrected chi connectivity index (χ4v) is 4.59. The molecule has 1 fully saturated rings. The van der Waals surface area contributed by atoms with E-state index >= 15 is 0 Å². The van der Waals surface area contributed by atoms with Gasteiger partial charge in [0.2, 0.25) is 11.0 Å². The zero-order valence-corrected chi connectivity index (χ0v) is 16.7. The van der Waals surface area contributed by atoms with Crippen molar-refractivity contribution in [2.24, 2.45) is 5.92 Å². The molecule has 0 saturated heterocycles. The van der Waals surface area contributed by atoms with Crippen LogP contribution in [-0.2, 0) is 10.2 Å². The van der Waals surface area contributed by atoms with Crippen LogP contribution in [0.25, 0.3) is 9.88 Å². The Morgan fingerprint density at radius 3 is 2.58 bits per heavy atom. The Labute approximate surface area is 161 Å². The van der Waals surface area contributed by atoms with Gasteiger partial charge in [-0.1, -0.05) is 62.4 Å². The second kappa shape index (κ2) is 6.59. The van der Waals surface area contributed by atoms with Crippen molar-refractivity contribution in [2.75, 3.05) is 5.32 Å². The van der Waals surface area contributed by atoms with Crippen LogP contribution in [0.3, 0.4) is 0 Å². The van der Waals surface area contributed by atoms with Crippen molar-refractivity contribution in [3.05, 3.63) is 52.9 Å². The number of hydrogen-bond acceptors (Lipinski definition) is 5. The molecule has 134 valence electrons. The van der Waals surface area contributed by atoms with Gasteiger partial charge in [0, 0.05) is 5.92 Å². The van der Waals surface area contributed by atoms with Crippen LogP contribution in [0.1, 0.15) is 44.2 Å². The van der Waals surface area contributed by atoms with E-state index in [1.807, 2.05) is 17.5 Å². The summed E-state index contributed by atoms with van der Waals surface area (Å²) in [5, 5.41) is 14.6. The first-order valence-corrected chi connectivity index (χ1v) is 10.4. The molecule has 2 atom stereocenters. The SMILES string of the molecule is CC(C)(C)c1ccc([C@H]2C[C@@H]2C(=O)Nc2nnc(-c3cccs3)s2)cc1. The van der Waals surface area contributed by atoms with Crippen molar-refractivity contribution in [2.45, 2.75) is 38.5 Å². The van der Waals surface area contributed by atoms with Crippen LogP contribution in [0.5, 0.6) is 0 Å². The Bertz CT molecular complexity index is 907. The van der Waals surface area contributed by atoms with Gasteiger partial charge in [0.05, 0.1) is 4.88 Å². The molecule has 0 unspecified atom stereocenters. The predicted octanol–water partition coefficient (Wildman–Crippen LogP) is 5.31. The molecule has 6 heteroatoms. The Kier molecular flexibility index (Phi) is 4.40. The molecule has 1 aliphatic carbocycles. The van der Waals surface area contributed by atoms with Gasteiger partial charge in [-0.2, -0.15) is 0 Å². The zero-order chi connectivity index (χ0) is 18.3. The number of amides is 1. The largest absolute Gasteiger partial charge is 0.300 e. The van der Waals surface area contributed by atoms with E-state index < -0.39 is 0 Å². The molecule has 1 aliphatic rings. The number of benzene rings is 1. The van der Waals surface area contributed by atoms with Crippen LogP contribution in [-0.4, -0.2) is 16.1 Å². The van der Waals surface area contributed by atoms with Crippen LogP contribution in [0, 0.1) is 5.92 Å². The monoisotopic (exact) mass is 383 g/mol. The molecular formula is C20H21N3OS2. The number of carbonyl (C=O) groups is 1. The number of anilines is 1. The van der Waals surface area contributed by atoms with Gasteiger partial charge in [-0.15, -0.1) is 21.5 Å². The second-order valence-electron chi connectivity index (χ2n) is 7.70. The molecule has 0 spiro atoms. The Morgan fingerprint density at radius 2 is 1.92 bits per heavy atom. The fourth-order valence-electron chi connectivity index (χ4n) is 3.06. The van der Waals surface area contributed by atoms with Gasteiger partial charge in [0.1, 0.15) is 0 Å². The average Bonchev–Trinajstić information content (AvgIpc) is 3.00. The third-order valence-corrected chi connectivity index (χ3v) is 6.60. The van der Waals surface area contributed by atoms with Crippen LogP contribution < -0.4 is 5.32 Å². The normalized spacial score (nSPS) is 19.3. The maximum atomic E-state index is 12.5. The fraction of sp³-hybridized carbons (Fsp3) is 0.350. The molecule has 3 aromatic rings. The van der Waals surface area contributed by atoms with Crippen molar-refractivity contribution in [1.29, 1.82) is 0 Å². The maximum absolute atomic E-state index is 12.5. The highest BCUT2D eigenvalue weighted by Crippen LogP contribution is 2.48. The Morgan fingerprint density at radius 1 is 1.15 bits per heavy atom. The average molecular weight is 384 g/mol. The number of rotatable bonds is 4. The smallest absolute Gasteiger partial charge is 0.229 e. The van der Waals surface area contributed by atoms with Gasteiger partial charge in [0.25, 0.3) is 0 Å². The second-order valence-corrected chi connectivity index (χ2v) is 9.62. The summed E-state index contributed by atoms with van der Waals surface area (Å²) in [5.41, 5.74) is 2.71. The van der Waals surface area contributed by atoms with Crippen LogP contribution in [0.2, 0.25) is 0 Å². The highest BCUT2D eigenvalue weighted by atomic mass is 32.1. The summed E-state index contributed by atoms with van der Waals surface area (Å²) in [6.07, 6.45) is 0.900. The number of nitrogens with one attached hydrogen (secondary N) is 1. The van der Waals surface area contributed by atoms with E-state index in [1.54, 1.807) is 11.3 Å².